The van der Waals surface area contributed by atoms with Crippen molar-refractivity contribution in [2.24, 2.45) is 0 Å². The van der Waals surface area contributed by atoms with Gasteiger partial charge < -0.3 is 15.8 Å². The van der Waals surface area contributed by atoms with Crippen molar-refractivity contribution < 1.29 is 14.3 Å². The molecule has 2 aromatic rings. The first-order valence-electron chi connectivity index (χ1n) is 7.70. The van der Waals surface area contributed by atoms with Gasteiger partial charge in [-0.2, -0.15) is 0 Å². The molecule has 3 N–H and O–H groups in total. The minimum atomic E-state index is -1.01. The molecular formula is C18H17Cl3N2O3. The number of hydrogen-bond acceptors (Lipinski definition) is 4. The first kappa shape index (κ1) is 20.4. The molecule has 2 rings (SSSR count). The molecule has 0 fully saturated rings. The van der Waals surface area contributed by atoms with Crippen LogP contribution in [0, 0.1) is 0 Å². The van der Waals surface area contributed by atoms with Gasteiger partial charge in [-0.3, -0.25) is 4.79 Å². The summed E-state index contributed by atoms with van der Waals surface area (Å²) in [6, 6.07) is 8.97. The van der Waals surface area contributed by atoms with Crippen LogP contribution in [0.3, 0.4) is 0 Å². The first-order valence-corrected chi connectivity index (χ1v) is 8.83. The number of halogens is 3. The second kappa shape index (κ2) is 8.62. The van der Waals surface area contributed by atoms with E-state index >= 15 is 0 Å². The Bertz CT molecular complexity index is 842. The van der Waals surface area contributed by atoms with Gasteiger partial charge in [0, 0.05) is 10.0 Å². The summed E-state index contributed by atoms with van der Waals surface area (Å²) >= 11 is 17.8. The lowest BCUT2D eigenvalue weighted by atomic mass is 10.1. The molecule has 0 heterocycles. The summed E-state index contributed by atoms with van der Waals surface area (Å²) in [5, 5.41) is 4.02. The van der Waals surface area contributed by atoms with Gasteiger partial charge in [-0.25, -0.2) is 4.79 Å². The van der Waals surface area contributed by atoms with E-state index < -0.39 is 18.0 Å². The number of amides is 1. The maximum atomic E-state index is 12.3. The van der Waals surface area contributed by atoms with Crippen LogP contribution in [0.4, 0.5) is 5.69 Å². The number of benzene rings is 2. The molecule has 0 unspecified atom stereocenters. The van der Waals surface area contributed by atoms with Gasteiger partial charge in [0.2, 0.25) is 0 Å². The maximum Gasteiger partial charge on any atom is 0.338 e. The van der Waals surface area contributed by atoms with E-state index in [9.17, 15) is 9.59 Å². The minimum Gasteiger partial charge on any atom is -0.449 e. The number of carbonyl (C=O) groups excluding carboxylic acids is 2. The van der Waals surface area contributed by atoms with Crippen LogP contribution in [0.15, 0.2) is 36.4 Å². The Morgan fingerprint density at radius 3 is 2.35 bits per heavy atom. The Balaban J connectivity index is 2.00. The van der Waals surface area contributed by atoms with Crippen LogP contribution in [0.2, 0.25) is 15.1 Å². The Morgan fingerprint density at radius 1 is 1.04 bits per heavy atom. The highest BCUT2D eigenvalue weighted by Crippen LogP contribution is 2.26. The van der Waals surface area contributed by atoms with Gasteiger partial charge in [0.25, 0.3) is 5.91 Å². The van der Waals surface area contributed by atoms with Crippen molar-refractivity contribution in [2.45, 2.75) is 26.0 Å². The summed E-state index contributed by atoms with van der Waals surface area (Å²) in [5.41, 5.74) is 6.83. The molecule has 5 nitrogen and oxygen atoms in total. The second-order valence-corrected chi connectivity index (χ2v) is 6.93. The zero-order chi connectivity index (χ0) is 19.4. The monoisotopic (exact) mass is 414 g/mol. The fraction of sp³-hybridized carbons (Fsp3) is 0.222. The predicted octanol–water partition coefficient (Wildman–Crippen LogP) is 4.65. The summed E-state index contributed by atoms with van der Waals surface area (Å²) in [5.74, 6) is -1.13. The van der Waals surface area contributed by atoms with E-state index in [4.69, 9.17) is 45.3 Å². The predicted molar refractivity (Wildman–Crippen MR) is 104 cm³/mol. The quantitative estimate of drug-likeness (QED) is 0.550. The number of nitrogens with one attached hydrogen (secondary N) is 1. The van der Waals surface area contributed by atoms with Crippen LogP contribution < -0.4 is 11.1 Å². The lowest BCUT2D eigenvalue weighted by Gasteiger charge is -2.19. The molecule has 0 saturated heterocycles. The smallest absolute Gasteiger partial charge is 0.338 e. The number of rotatable bonds is 5. The highest BCUT2D eigenvalue weighted by Gasteiger charge is 2.22. The van der Waals surface area contributed by atoms with E-state index in [-0.39, 0.29) is 17.3 Å². The SMILES string of the molecule is C[C@@H](OC(=O)c1ccc(Cl)c(N)c1)C(=O)N[C@H](C)c1ccc(Cl)cc1Cl. The summed E-state index contributed by atoms with van der Waals surface area (Å²) in [7, 11) is 0. The number of esters is 1. The second-order valence-electron chi connectivity index (χ2n) is 5.68. The largest absolute Gasteiger partial charge is 0.449 e. The number of nitrogen functional groups attached to an aromatic ring is 1. The van der Waals surface area contributed by atoms with Gasteiger partial charge >= 0.3 is 5.97 Å². The van der Waals surface area contributed by atoms with Crippen LogP contribution in [-0.2, 0) is 9.53 Å². The van der Waals surface area contributed by atoms with Crippen molar-refractivity contribution >= 4 is 52.4 Å². The lowest BCUT2D eigenvalue weighted by Crippen LogP contribution is -2.37. The van der Waals surface area contributed by atoms with E-state index in [0.717, 1.165) is 0 Å². The van der Waals surface area contributed by atoms with Crippen LogP contribution in [0.25, 0.3) is 0 Å². The third kappa shape index (κ3) is 5.04. The topological polar surface area (TPSA) is 81.4 Å². The lowest BCUT2D eigenvalue weighted by molar-refractivity contribution is -0.129. The normalized spacial score (nSPS) is 13.0. The molecule has 0 aliphatic rings. The molecule has 2 aromatic carbocycles. The Morgan fingerprint density at radius 2 is 1.73 bits per heavy atom. The van der Waals surface area contributed by atoms with Crippen molar-refractivity contribution in [3.63, 3.8) is 0 Å². The summed E-state index contributed by atoms with van der Waals surface area (Å²) in [6.07, 6.45) is -1.01. The van der Waals surface area contributed by atoms with Crippen LogP contribution in [-0.4, -0.2) is 18.0 Å². The fourth-order valence-corrected chi connectivity index (χ4v) is 2.90. The summed E-state index contributed by atoms with van der Waals surface area (Å²) < 4.78 is 5.18. The van der Waals surface area contributed by atoms with Crippen molar-refractivity contribution in [1.29, 1.82) is 0 Å². The van der Waals surface area contributed by atoms with Gasteiger partial charge in [0.05, 0.1) is 22.3 Å². The molecule has 0 bridgehead atoms. The molecule has 138 valence electrons. The van der Waals surface area contributed by atoms with Crippen LogP contribution in [0.5, 0.6) is 0 Å². The molecule has 0 saturated carbocycles. The van der Waals surface area contributed by atoms with Crippen molar-refractivity contribution in [3.05, 3.63) is 62.6 Å². The van der Waals surface area contributed by atoms with Gasteiger partial charge in [-0.15, -0.1) is 0 Å². The standard InChI is InChI=1S/C18H17Cl3N2O3/c1-9(13-5-4-12(19)8-15(13)21)23-17(24)10(2)26-18(25)11-3-6-14(20)16(22)7-11/h3-10H,22H2,1-2H3,(H,23,24)/t9-,10-/m1/s1. The Hall–Kier alpha value is -1.95. The molecule has 0 aliphatic carbocycles. The number of carbonyl (C=O) groups is 2. The van der Waals surface area contributed by atoms with Gasteiger partial charge in [-0.05, 0) is 49.7 Å². The Labute approximate surface area is 166 Å². The maximum absolute atomic E-state index is 12.3. The number of hydrogen-bond donors (Lipinski definition) is 2. The molecular weight excluding hydrogens is 399 g/mol. The average molecular weight is 416 g/mol. The number of anilines is 1. The first-order chi connectivity index (χ1) is 12.2. The highest BCUT2D eigenvalue weighted by atomic mass is 35.5. The molecule has 8 heteroatoms. The van der Waals surface area contributed by atoms with Crippen molar-refractivity contribution in [1.82, 2.24) is 5.32 Å². The fourth-order valence-electron chi connectivity index (χ4n) is 2.21. The van der Waals surface area contributed by atoms with Crippen molar-refractivity contribution in [3.8, 4) is 0 Å². The molecule has 0 aliphatic heterocycles. The number of nitrogens with two attached hydrogens (primary N) is 1. The highest BCUT2D eigenvalue weighted by molar-refractivity contribution is 6.35. The van der Waals surface area contributed by atoms with Gasteiger partial charge in [0.15, 0.2) is 6.10 Å². The molecule has 1 amide bonds. The van der Waals surface area contributed by atoms with E-state index in [1.165, 1.54) is 25.1 Å². The summed E-state index contributed by atoms with van der Waals surface area (Å²) in [6.45, 7) is 3.24. The van der Waals surface area contributed by atoms with Crippen molar-refractivity contribution in [2.75, 3.05) is 5.73 Å². The van der Waals surface area contributed by atoms with Crippen LogP contribution in [0.1, 0.15) is 35.8 Å². The molecule has 0 radical (unpaired) electrons. The van der Waals surface area contributed by atoms with E-state index in [0.29, 0.717) is 20.6 Å². The zero-order valence-corrected chi connectivity index (χ0v) is 16.3. The molecule has 0 spiro atoms. The van der Waals surface area contributed by atoms with E-state index in [2.05, 4.69) is 5.32 Å². The Kier molecular flexibility index (Phi) is 6.75. The van der Waals surface area contributed by atoms with E-state index in [1.54, 1.807) is 25.1 Å². The van der Waals surface area contributed by atoms with E-state index in [1.807, 2.05) is 0 Å². The molecule has 26 heavy (non-hydrogen) atoms. The van der Waals surface area contributed by atoms with Crippen LogP contribution >= 0.6 is 34.8 Å². The summed E-state index contributed by atoms with van der Waals surface area (Å²) in [4.78, 5) is 24.4. The third-order valence-corrected chi connectivity index (χ3v) is 4.58. The average Bonchev–Trinajstić information content (AvgIpc) is 2.56. The van der Waals surface area contributed by atoms with Gasteiger partial charge in [-0.1, -0.05) is 40.9 Å². The third-order valence-electron chi connectivity index (χ3n) is 3.67. The minimum absolute atomic E-state index is 0.209. The molecule has 0 aromatic heterocycles. The zero-order valence-electron chi connectivity index (χ0n) is 14.1. The van der Waals surface area contributed by atoms with Gasteiger partial charge in [0.1, 0.15) is 0 Å². The number of ether oxygens (including phenoxy) is 1. The molecule has 2 atom stereocenters.